The topological polar surface area (TPSA) is 55.4 Å². The largest absolute Gasteiger partial charge is 0.467 e. The molecule has 0 heterocycles. The second kappa shape index (κ2) is 7.23. The molecule has 0 aliphatic carbocycles. The zero-order valence-corrected chi connectivity index (χ0v) is 14.8. The number of thioether (sulfide) groups is 1. The number of amides is 1. The molecule has 2 aromatic carbocycles. The lowest BCUT2D eigenvalue weighted by atomic mass is 10.1. The molecule has 0 bridgehead atoms. The molecule has 0 aromatic heterocycles. The number of ether oxygens (including phenoxy) is 1. The molecule has 0 fully saturated rings. The van der Waals surface area contributed by atoms with Crippen LogP contribution in [0.3, 0.4) is 0 Å². The van der Waals surface area contributed by atoms with Gasteiger partial charge in [0.15, 0.2) is 0 Å². The molecular formula is C17H18ClNO3S. The highest BCUT2D eigenvalue weighted by Gasteiger charge is 2.30. The van der Waals surface area contributed by atoms with Crippen molar-refractivity contribution in [2.45, 2.75) is 24.3 Å². The Balaban J connectivity index is 2.10. The van der Waals surface area contributed by atoms with Crippen molar-refractivity contribution in [3.05, 3.63) is 41.4 Å². The van der Waals surface area contributed by atoms with E-state index in [1.807, 2.05) is 36.4 Å². The average molecular weight is 352 g/mol. The molecule has 0 unspecified atom stereocenters. The summed E-state index contributed by atoms with van der Waals surface area (Å²) in [5.74, 6) is -0.538. The van der Waals surface area contributed by atoms with Crippen molar-refractivity contribution in [1.29, 1.82) is 0 Å². The number of hydrogen-bond donors (Lipinski definition) is 1. The number of fused-ring (bicyclic) bond motifs is 1. The Morgan fingerprint density at radius 3 is 2.52 bits per heavy atom. The molecule has 23 heavy (non-hydrogen) atoms. The number of carbonyl (C=O) groups is 2. The van der Waals surface area contributed by atoms with Crippen LogP contribution < -0.4 is 5.32 Å². The van der Waals surface area contributed by atoms with Gasteiger partial charge in [0.05, 0.1) is 12.9 Å². The number of rotatable bonds is 5. The Morgan fingerprint density at radius 2 is 1.87 bits per heavy atom. The van der Waals surface area contributed by atoms with Gasteiger partial charge in [0, 0.05) is 15.3 Å². The van der Waals surface area contributed by atoms with Crippen molar-refractivity contribution in [3.63, 3.8) is 0 Å². The van der Waals surface area contributed by atoms with E-state index in [4.69, 9.17) is 11.6 Å². The lowest BCUT2D eigenvalue weighted by Crippen LogP contribution is -2.50. The van der Waals surface area contributed by atoms with Crippen LogP contribution in [0, 0.1) is 0 Å². The number of nitrogens with one attached hydrogen (secondary N) is 1. The van der Waals surface area contributed by atoms with E-state index < -0.39 is 11.5 Å². The Hall–Kier alpha value is -1.72. The van der Waals surface area contributed by atoms with Gasteiger partial charge in [-0.25, -0.2) is 4.79 Å². The highest BCUT2D eigenvalue weighted by Crippen LogP contribution is 2.33. The second-order valence-electron chi connectivity index (χ2n) is 5.55. The maximum Gasteiger partial charge on any atom is 0.330 e. The lowest BCUT2D eigenvalue weighted by Gasteiger charge is -2.23. The fourth-order valence-electron chi connectivity index (χ4n) is 2.22. The van der Waals surface area contributed by atoms with Crippen LogP contribution in [-0.2, 0) is 14.3 Å². The molecule has 2 aromatic rings. The van der Waals surface area contributed by atoms with Crippen LogP contribution in [0.4, 0.5) is 0 Å². The van der Waals surface area contributed by atoms with Gasteiger partial charge in [-0.1, -0.05) is 35.9 Å². The van der Waals surface area contributed by atoms with E-state index >= 15 is 0 Å². The zero-order valence-electron chi connectivity index (χ0n) is 13.2. The first-order chi connectivity index (χ1) is 10.8. The van der Waals surface area contributed by atoms with Gasteiger partial charge in [-0.15, -0.1) is 11.8 Å². The molecule has 0 saturated carbocycles. The number of methoxy groups -OCH3 is 1. The standard InChI is InChI=1S/C17H18ClNO3S/c1-17(2,16(21)22-3)19-14(20)10-23-13-9-5-7-11-6-4-8-12(18)15(11)13/h4-9H,10H2,1-3H3,(H,19,20). The Kier molecular flexibility index (Phi) is 5.55. The summed E-state index contributed by atoms with van der Waals surface area (Å²) in [7, 11) is 1.29. The molecule has 0 aliphatic heterocycles. The van der Waals surface area contributed by atoms with E-state index in [0.29, 0.717) is 5.02 Å². The monoisotopic (exact) mass is 351 g/mol. The number of halogens is 1. The molecule has 2 rings (SSSR count). The molecule has 0 saturated heterocycles. The Labute approximate surface area is 144 Å². The van der Waals surface area contributed by atoms with Crippen LogP contribution in [-0.4, -0.2) is 30.3 Å². The Morgan fingerprint density at radius 1 is 1.22 bits per heavy atom. The quantitative estimate of drug-likeness (QED) is 0.660. The van der Waals surface area contributed by atoms with Crippen molar-refractivity contribution in [3.8, 4) is 0 Å². The van der Waals surface area contributed by atoms with Crippen LogP contribution in [0.2, 0.25) is 5.02 Å². The summed E-state index contributed by atoms with van der Waals surface area (Å²) in [5.41, 5.74) is -1.05. The van der Waals surface area contributed by atoms with E-state index in [1.165, 1.54) is 18.9 Å². The normalized spacial score (nSPS) is 11.3. The minimum absolute atomic E-state index is 0.185. The van der Waals surface area contributed by atoms with Crippen molar-refractivity contribution in [1.82, 2.24) is 5.32 Å². The fourth-order valence-corrected chi connectivity index (χ4v) is 3.46. The van der Waals surface area contributed by atoms with E-state index in [0.717, 1.165) is 15.7 Å². The maximum atomic E-state index is 12.1. The number of benzene rings is 2. The molecule has 4 nitrogen and oxygen atoms in total. The van der Waals surface area contributed by atoms with E-state index in [-0.39, 0.29) is 11.7 Å². The number of carbonyl (C=O) groups excluding carboxylic acids is 2. The van der Waals surface area contributed by atoms with Crippen molar-refractivity contribution < 1.29 is 14.3 Å². The summed E-state index contributed by atoms with van der Waals surface area (Å²) >= 11 is 7.65. The molecule has 6 heteroatoms. The summed E-state index contributed by atoms with van der Waals surface area (Å²) in [6, 6.07) is 11.5. The van der Waals surface area contributed by atoms with Gasteiger partial charge in [-0.05, 0) is 31.4 Å². The molecule has 0 radical (unpaired) electrons. The van der Waals surface area contributed by atoms with Gasteiger partial charge < -0.3 is 10.1 Å². The second-order valence-corrected chi connectivity index (χ2v) is 6.97. The minimum atomic E-state index is -1.05. The zero-order chi connectivity index (χ0) is 17.0. The summed E-state index contributed by atoms with van der Waals surface area (Å²) in [4.78, 5) is 24.6. The van der Waals surface area contributed by atoms with Gasteiger partial charge in [0.1, 0.15) is 5.54 Å². The summed E-state index contributed by atoms with van der Waals surface area (Å²) < 4.78 is 4.67. The van der Waals surface area contributed by atoms with Gasteiger partial charge in [-0.2, -0.15) is 0 Å². The van der Waals surface area contributed by atoms with Crippen molar-refractivity contribution in [2.75, 3.05) is 12.9 Å². The lowest BCUT2D eigenvalue weighted by molar-refractivity contribution is -0.149. The van der Waals surface area contributed by atoms with E-state index in [2.05, 4.69) is 10.1 Å². The van der Waals surface area contributed by atoms with Crippen molar-refractivity contribution >= 4 is 46.0 Å². The van der Waals surface area contributed by atoms with Crippen LogP contribution in [0.1, 0.15) is 13.8 Å². The van der Waals surface area contributed by atoms with Crippen LogP contribution in [0.25, 0.3) is 10.8 Å². The fraction of sp³-hybridized carbons (Fsp3) is 0.294. The van der Waals surface area contributed by atoms with E-state index in [9.17, 15) is 9.59 Å². The number of esters is 1. The summed E-state index contributed by atoms with van der Waals surface area (Å²) in [6.07, 6.45) is 0. The first-order valence-electron chi connectivity index (χ1n) is 7.04. The average Bonchev–Trinajstić information content (AvgIpc) is 2.51. The molecule has 122 valence electrons. The Bertz CT molecular complexity index is 740. The van der Waals surface area contributed by atoms with Crippen LogP contribution in [0.5, 0.6) is 0 Å². The third-order valence-corrected chi connectivity index (χ3v) is 4.69. The minimum Gasteiger partial charge on any atom is -0.467 e. The number of hydrogen-bond acceptors (Lipinski definition) is 4. The first kappa shape index (κ1) is 17.6. The molecule has 1 N–H and O–H groups in total. The van der Waals surface area contributed by atoms with Crippen molar-refractivity contribution in [2.24, 2.45) is 0 Å². The van der Waals surface area contributed by atoms with Gasteiger partial charge in [-0.3, -0.25) is 4.79 Å². The first-order valence-corrected chi connectivity index (χ1v) is 8.41. The molecule has 0 aliphatic rings. The predicted octanol–water partition coefficient (Wildman–Crippen LogP) is 3.65. The van der Waals surface area contributed by atoms with Crippen LogP contribution in [0.15, 0.2) is 41.3 Å². The molecule has 0 spiro atoms. The highest BCUT2D eigenvalue weighted by molar-refractivity contribution is 8.00. The highest BCUT2D eigenvalue weighted by atomic mass is 35.5. The molecule has 0 atom stereocenters. The summed E-state index contributed by atoms with van der Waals surface area (Å²) in [6.45, 7) is 3.21. The van der Waals surface area contributed by atoms with Gasteiger partial charge >= 0.3 is 5.97 Å². The van der Waals surface area contributed by atoms with Gasteiger partial charge in [0.2, 0.25) is 5.91 Å². The maximum absolute atomic E-state index is 12.1. The third kappa shape index (κ3) is 4.18. The molecule has 1 amide bonds. The van der Waals surface area contributed by atoms with Gasteiger partial charge in [0.25, 0.3) is 0 Å². The summed E-state index contributed by atoms with van der Waals surface area (Å²) in [5, 5.41) is 5.28. The predicted molar refractivity (Wildman–Crippen MR) is 93.9 cm³/mol. The third-order valence-electron chi connectivity index (χ3n) is 3.32. The smallest absolute Gasteiger partial charge is 0.330 e. The molecular weight excluding hydrogens is 334 g/mol. The van der Waals surface area contributed by atoms with E-state index in [1.54, 1.807) is 13.8 Å². The SMILES string of the molecule is COC(=O)C(C)(C)NC(=O)CSc1cccc2cccc(Cl)c12. The van der Waals surface area contributed by atoms with Crippen LogP contribution >= 0.6 is 23.4 Å².